The number of anilines is 1. The van der Waals surface area contributed by atoms with E-state index < -0.39 is 29.7 Å². The number of benzene rings is 1. The third kappa shape index (κ3) is 3.97. The molecule has 1 aromatic rings. The standard InChI is InChI=1S/C17H19NO5/c1-2-23-17(22)13-9-5-6-10-14(13)18-15(19)11-7-3-4-8-12(11)16(20)21/h3-6,9-12H,2,7-8H2,1H3,(H,18,19)(H,20,21)/p-1/t11-,12+/m1/s1. The molecule has 1 aromatic carbocycles. The zero-order chi connectivity index (χ0) is 16.8. The third-order valence-electron chi connectivity index (χ3n) is 3.75. The highest BCUT2D eigenvalue weighted by atomic mass is 16.5. The molecule has 0 aliphatic heterocycles. The number of carbonyl (C=O) groups excluding carboxylic acids is 3. The van der Waals surface area contributed by atoms with E-state index in [9.17, 15) is 19.5 Å². The normalized spacial score (nSPS) is 19.9. The van der Waals surface area contributed by atoms with Crippen molar-refractivity contribution >= 4 is 23.5 Å². The van der Waals surface area contributed by atoms with Crippen molar-refractivity contribution in [2.75, 3.05) is 11.9 Å². The number of hydrogen-bond donors (Lipinski definition) is 1. The number of carboxylic acid groups (broad SMARTS) is 1. The monoisotopic (exact) mass is 316 g/mol. The van der Waals surface area contributed by atoms with Gasteiger partial charge in [0.25, 0.3) is 0 Å². The fraction of sp³-hybridized carbons (Fsp3) is 0.353. The molecule has 0 saturated carbocycles. The van der Waals surface area contributed by atoms with Crippen molar-refractivity contribution in [2.24, 2.45) is 11.8 Å². The molecule has 0 heterocycles. The van der Waals surface area contributed by atoms with Crippen LogP contribution in [-0.4, -0.2) is 24.5 Å². The predicted octanol–water partition coefficient (Wildman–Crippen LogP) is 1.13. The molecular weight excluding hydrogens is 298 g/mol. The SMILES string of the molecule is CCOC(=O)c1ccccc1NC(=O)[C@@H]1CC=CC[C@@H]1C(=O)[O-]. The maximum absolute atomic E-state index is 12.4. The average Bonchev–Trinajstić information content (AvgIpc) is 2.55. The predicted molar refractivity (Wildman–Crippen MR) is 81.4 cm³/mol. The number of carbonyl (C=O) groups is 3. The summed E-state index contributed by atoms with van der Waals surface area (Å²) < 4.78 is 4.95. The van der Waals surface area contributed by atoms with Gasteiger partial charge in [0.1, 0.15) is 0 Å². The third-order valence-corrected chi connectivity index (χ3v) is 3.75. The van der Waals surface area contributed by atoms with Gasteiger partial charge in [-0.25, -0.2) is 4.79 Å². The molecule has 23 heavy (non-hydrogen) atoms. The number of hydrogen-bond acceptors (Lipinski definition) is 5. The van der Waals surface area contributed by atoms with Gasteiger partial charge in [0.05, 0.1) is 23.8 Å². The van der Waals surface area contributed by atoms with Gasteiger partial charge in [0.15, 0.2) is 0 Å². The van der Waals surface area contributed by atoms with Crippen LogP contribution in [0.3, 0.4) is 0 Å². The Bertz CT molecular complexity index is 638. The first kappa shape index (κ1) is 16.7. The first-order valence-corrected chi connectivity index (χ1v) is 7.47. The number of esters is 1. The lowest BCUT2D eigenvalue weighted by Gasteiger charge is -2.28. The molecule has 0 aromatic heterocycles. The second-order valence-corrected chi connectivity index (χ2v) is 5.23. The van der Waals surface area contributed by atoms with E-state index in [4.69, 9.17) is 4.74 Å². The Kier molecular flexibility index (Phi) is 5.51. The second-order valence-electron chi connectivity index (χ2n) is 5.23. The molecule has 1 aliphatic rings. The molecule has 0 unspecified atom stereocenters. The number of aliphatic carboxylic acids is 1. The van der Waals surface area contributed by atoms with Gasteiger partial charge in [-0.1, -0.05) is 24.3 Å². The van der Waals surface area contributed by atoms with E-state index in [2.05, 4.69) is 5.32 Å². The highest BCUT2D eigenvalue weighted by Gasteiger charge is 2.30. The zero-order valence-electron chi connectivity index (χ0n) is 12.8. The molecule has 6 nitrogen and oxygen atoms in total. The molecular formula is C17H18NO5-. The summed E-state index contributed by atoms with van der Waals surface area (Å²) in [6.07, 6.45) is 4.10. The molecule has 0 spiro atoms. The largest absolute Gasteiger partial charge is 0.550 e. The van der Waals surface area contributed by atoms with Crippen LogP contribution in [0.25, 0.3) is 0 Å². The second kappa shape index (κ2) is 7.58. The molecule has 122 valence electrons. The van der Waals surface area contributed by atoms with Crippen molar-refractivity contribution in [3.05, 3.63) is 42.0 Å². The Balaban J connectivity index is 2.18. The molecule has 2 rings (SSSR count). The average molecular weight is 316 g/mol. The fourth-order valence-corrected chi connectivity index (χ4v) is 2.57. The van der Waals surface area contributed by atoms with E-state index in [1.807, 2.05) is 0 Å². The number of nitrogens with one attached hydrogen (secondary N) is 1. The van der Waals surface area contributed by atoms with Crippen LogP contribution in [0, 0.1) is 11.8 Å². The topological polar surface area (TPSA) is 95.5 Å². The molecule has 1 aliphatic carbocycles. The zero-order valence-corrected chi connectivity index (χ0v) is 12.8. The molecule has 1 N–H and O–H groups in total. The van der Waals surface area contributed by atoms with Gasteiger partial charge in [-0.3, -0.25) is 4.79 Å². The van der Waals surface area contributed by atoms with Crippen molar-refractivity contribution in [3.8, 4) is 0 Å². The molecule has 1 amide bonds. The highest BCUT2D eigenvalue weighted by molar-refractivity contribution is 6.02. The Hall–Kier alpha value is -2.63. The summed E-state index contributed by atoms with van der Waals surface area (Å²) in [5.41, 5.74) is 0.543. The van der Waals surface area contributed by atoms with E-state index in [0.717, 1.165) is 0 Å². The van der Waals surface area contributed by atoms with E-state index in [1.54, 1.807) is 43.3 Å². The summed E-state index contributed by atoms with van der Waals surface area (Å²) in [7, 11) is 0. The minimum absolute atomic E-state index is 0.224. The number of allylic oxidation sites excluding steroid dienone is 2. The molecule has 6 heteroatoms. The van der Waals surface area contributed by atoms with Gasteiger partial charge in [0, 0.05) is 11.9 Å². The Morgan fingerprint density at radius 3 is 2.48 bits per heavy atom. The van der Waals surface area contributed by atoms with E-state index in [-0.39, 0.29) is 18.6 Å². The fourth-order valence-electron chi connectivity index (χ4n) is 2.57. The summed E-state index contributed by atoms with van der Waals surface area (Å²) in [6.45, 7) is 1.92. The van der Waals surface area contributed by atoms with E-state index in [0.29, 0.717) is 12.1 Å². The number of rotatable bonds is 5. The maximum atomic E-state index is 12.4. The molecule has 0 saturated heterocycles. The Morgan fingerprint density at radius 1 is 1.17 bits per heavy atom. The lowest BCUT2D eigenvalue weighted by atomic mass is 9.82. The summed E-state index contributed by atoms with van der Waals surface area (Å²) in [5.74, 6) is -3.81. The van der Waals surface area contributed by atoms with Gasteiger partial charge < -0.3 is 20.0 Å². The van der Waals surface area contributed by atoms with Crippen LogP contribution in [0.4, 0.5) is 5.69 Å². The summed E-state index contributed by atoms with van der Waals surface area (Å²) in [6, 6.07) is 6.46. The quantitative estimate of drug-likeness (QED) is 0.649. The lowest BCUT2D eigenvalue weighted by molar-refractivity contribution is -0.313. The van der Waals surface area contributed by atoms with Gasteiger partial charge >= 0.3 is 5.97 Å². The first-order valence-electron chi connectivity index (χ1n) is 7.47. The number of para-hydroxylation sites is 1. The van der Waals surface area contributed by atoms with Crippen molar-refractivity contribution in [1.29, 1.82) is 0 Å². The smallest absolute Gasteiger partial charge is 0.340 e. The molecule has 0 fully saturated rings. The Morgan fingerprint density at radius 2 is 1.83 bits per heavy atom. The van der Waals surface area contributed by atoms with Crippen molar-refractivity contribution in [1.82, 2.24) is 0 Å². The van der Waals surface area contributed by atoms with Gasteiger partial charge in [-0.05, 0) is 31.9 Å². The van der Waals surface area contributed by atoms with Crippen LogP contribution in [-0.2, 0) is 14.3 Å². The van der Waals surface area contributed by atoms with Crippen molar-refractivity contribution in [2.45, 2.75) is 19.8 Å². The van der Waals surface area contributed by atoms with E-state index in [1.165, 1.54) is 0 Å². The minimum Gasteiger partial charge on any atom is -0.550 e. The summed E-state index contributed by atoms with van der Waals surface area (Å²) >= 11 is 0. The maximum Gasteiger partial charge on any atom is 0.340 e. The van der Waals surface area contributed by atoms with Gasteiger partial charge in [-0.15, -0.1) is 0 Å². The first-order chi connectivity index (χ1) is 11.0. The number of amides is 1. The van der Waals surface area contributed by atoms with Gasteiger partial charge in [-0.2, -0.15) is 0 Å². The summed E-state index contributed by atoms with van der Waals surface area (Å²) in [5, 5.41) is 13.8. The van der Waals surface area contributed by atoms with Crippen molar-refractivity contribution in [3.63, 3.8) is 0 Å². The van der Waals surface area contributed by atoms with Gasteiger partial charge in [0.2, 0.25) is 5.91 Å². The van der Waals surface area contributed by atoms with Crippen LogP contribution >= 0.6 is 0 Å². The van der Waals surface area contributed by atoms with Crippen LogP contribution in [0.15, 0.2) is 36.4 Å². The summed E-state index contributed by atoms with van der Waals surface area (Å²) in [4.78, 5) is 35.5. The van der Waals surface area contributed by atoms with Crippen LogP contribution in [0.5, 0.6) is 0 Å². The molecule has 0 bridgehead atoms. The lowest BCUT2D eigenvalue weighted by Crippen LogP contribution is -2.41. The Labute approximate surface area is 134 Å². The van der Waals surface area contributed by atoms with Crippen molar-refractivity contribution < 1.29 is 24.2 Å². The minimum atomic E-state index is -1.24. The molecule has 0 radical (unpaired) electrons. The number of ether oxygens (including phenoxy) is 1. The number of carboxylic acids is 1. The highest BCUT2D eigenvalue weighted by Crippen LogP contribution is 2.27. The van der Waals surface area contributed by atoms with Crippen LogP contribution in [0.2, 0.25) is 0 Å². The van der Waals surface area contributed by atoms with Crippen LogP contribution < -0.4 is 10.4 Å². The van der Waals surface area contributed by atoms with Crippen LogP contribution in [0.1, 0.15) is 30.1 Å². The molecule has 2 atom stereocenters. The van der Waals surface area contributed by atoms with E-state index >= 15 is 0 Å².